The summed E-state index contributed by atoms with van der Waals surface area (Å²) in [5, 5.41) is 7.25. The van der Waals surface area contributed by atoms with Crippen molar-refractivity contribution in [1.29, 1.82) is 0 Å². The summed E-state index contributed by atoms with van der Waals surface area (Å²) in [7, 11) is 4.46. The Bertz CT molecular complexity index is 1360. The van der Waals surface area contributed by atoms with Crippen LogP contribution in [0.4, 0.5) is 5.69 Å². The van der Waals surface area contributed by atoms with Gasteiger partial charge in [0.2, 0.25) is 11.7 Å². The van der Waals surface area contributed by atoms with Crippen molar-refractivity contribution in [1.82, 2.24) is 14.8 Å². The number of methoxy groups -OCH3 is 3. The van der Waals surface area contributed by atoms with Gasteiger partial charge < -0.3 is 19.5 Å². The molecule has 0 saturated carbocycles. The number of hydrogen-bond acceptors (Lipinski definition) is 7. The number of rotatable bonds is 8. The van der Waals surface area contributed by atoms with Crippen LogP contribution in [0.25, 0.3) is 22.5 Å². The van der Waals surface area contributed by atoms with Crippen molar-refractivity contribution in [3.8, 4) is 39.8 Å². The second-order valence-electron chi connectivity index (χ2n) is 7.44. The lowest BCUT2D eigenvalue weighted by Crippen LogP contribution is -2.32. The molecule has 178 valence electrons. The Kier molecular flexibility index (Phi) is 7.06. The van der Waals surface area contributed by atoms with Gasteiger partial charge in [0.05, 0.1) is 21.3 Å². The molecule has 1 heterocycles. The quantitative estimate of drug-likeness (QED) is 0.417. The van der Waals surface area contributed by atoms with Crippen molar-refractivity contribution in [2.24, 2.45) is 0 Å². The average molecular weight is 473 g/mol. The van der Waals surface area contributed by atoms with E-state index in [2.05, 4.69) is 15.4 Å². The minimum atomic E-state index is -0.636. The topological polar surface area (TPSA) is 105 Å². The van der Waals surface area contributed by atoms with E-state index in [0.29, 0.717) is 34.3 Å². The first-order valence-corrected chi connectivity index (χ1v) is 10.7. The summed E-state index contributed by atoms with van der Waals surface area (Å²) in [6, 6.07) is 21.9. The highest BCUT2D eigenvalue weighted by atomic mass is 16.5. The minimum Gasteiger partial charge on any atom is -0.493 e. The zero-order valence-corrected chi connectivity index (χ0v) is 19.5. The molecule has 0 saturated heterocycles. The molecule has 0 aliphatic carbocycles. The van der Waals surface area contributed by atoms with Gasteiger partial charge in [0.1, 0.15) is 17.9 Å². The Balaban J connectivity index is 1.67. The van der Waals surface area contributed by atoms with E-state index >= 15 is 0 Å². The van der Waals surface area contributed by atoms with Crippen LogP contribution in [-0.4, -0.2) is 42.0 Å². The summed E-state index contributed by atoms with van der Waals surface area (Å²) in [4.78, 5) is 29.9. The molecular formula is C26H24N4O5. The van der Waals surface area contributed by atoms with Gasteiger partial charge >= 0.3 is 5.69 Å². The van der Waals surface area contributed by atoms with Gasteiger partial charge in [-0.1, -0.05) is 60.7 Å². The summed E-state index contributed by atoms with van der Waals surface area (Å²) in [5.41, 5.74) is 2.25. The SMILES string of the molecule is COc1cc(NC(=O)Cn2nc(-c3ccccc3)c(-c3ccccc3)nc2=O)cc(OC)c1OC. The third kappa shape index (κ3) is 5.14. The van der Waals surface area contributed by atoms with Gasteiger partial charge in [0, 0.05) is 28.9 Å². The molecule has 0 fully saturated rings. The van der Waals surface area contributed by atoms with Crippen molar-refractivity contribution in [2.75, 3.05) is 26.6 Å². The monoisotopic (exact) mass is 472 g/mol. The molecule has 4 aromatic rings. The normalized spacial score (nSPS) is 10.5. The fourth-order valence-electron chi connectivity index (χ4n) is 3.60. The molecule has 4 rings (SSSR count). The molecule has 9 nitrogen and oxygen atoms in total. The summed E-state index contributed by atoms with van der Waals surface area (Å²) in [5.74, 6) is 0.705. The summed E-state index contributed by atoms with van der Waals surface area (Å²) < 4.78 is 17.0. The Morgan fingerprint density at radius 3 is 1.89 bits per heavy atom. The zero-order valence-electron chi connectivity index (χ0n) is 19.5. The number of aromatic nitrogens is 3. The third-order valence-electron chi connectivity index (χ3n) is 5.21. The fourth-order valence-corrected chi connectivity index (χ4v) is 3.60. The first-order chi connectivity index (χ1) is 17.0. The van der Waals surface area contributed by atoms with Gasteiger partial charge in [-0.25, -0.2) is 9.48 Å². The maximum absolute atomic E-state index is 12.8. The number of nitrogens with one attached hydrogen (secondary N) is 1. The van der Waals surface area contributed by atoms with Gasteiger partial charge in [-0.15, -0.1) is 0 Å². The molecule has 9 heteroatoms. The van der Waals surface area contributed by atoms with E-state index in [1.807, 2.05) is 60.7 Å². The third-order valence-corrected chi connectivity index (χ3v) is 5.21. The molecular weight excluding hydrogens is 448 g/mol. The summed E-state index contributed by atoms with van der Waals surface area (Å²) >= 11 is 0. The van der Waals surface area contributed by atoms with Crippen LogP contribution < -0.4 is 25.2 Å². The number of hydrogen-bond donors (Lipinski definition) is 1. The van der Waals surface area contributed by atoms with E-state index in [1.165, 1.54) is 21.3 Å². The van der Waals surface area contributed by atoms with Crippen LogP contribution in [0.5, 0.6) is 17.2 Å². The van der Waals surface area contributed by atoms with Crippen LogP contribution in [0.1, 0.15) is 0 Å². The van der Waals surface area contributed by atoms with Crippen LogP contribution in [-0.2, 0) is 11.3 Å². The van der Waals surface area contributed by atoms with Crippen molar-refractivity contribution in [3.05, 3.63) is 83.3 Å². The summed E-state index contributed by atoms with van der Waals surface area (Å²) in [6.07, 6.45) is 0. The van der Waals surface area contributed by atoms with E-state index in [9.17, 15) is 9.59 Å². The van der Waals surface area contributed by atoms with E-state index in [0.717, 1.165) is 15.8 Å². The molecule has 3 aromatic carbocycles. The second kappa shape index (κ2) is 10.5. The first kappa shape index (κ1) is 23.5. The Hall–Kier alpha value is -4.66. The van der Waals surface area contributed by atoms with Crippen LogP contribution in [0.2, 0.25) is 0 Å². The molecule has 1 amide bonds. The number of benzene rings is 3. The zero-order chi connectivity index (χ0) is 24.8. The van der Waals surface area contributed by atoms with Gasteiger partial charge in [0.25, 0.3) is 0 Å². The van der Waals surface area contributed by atoms with Crippen LogP contribution in [0, 0.1) is 0 Å². The standard InChI is InChI=1S/C26H24N4O5/c1-33-20-14-19(15-21(34-2)25(20)35-3)27-22(31)16-30-26(32)28-23(17-10-6-4-7-11-17)24(29-30)18-12-8-5-9-13-18/h4-15H,16H2,1-3H3,(H,27,31). The Labute approximate surface area is 201 Å². The van der Waals surface area contributed by atoms with Crippen molar-refractivity contribution < 1.29 is 19.0 Å². The number of ether oxygens (including phenoxy) is 3. The molecule has 1 N–H and O–H groups in total. The lowest BCUT2D eigenvalue weighted by Gasteiger charge is -2.15. The van der Waals surface area contributed by atoms with Crippen LogP contribution >= 0.6 is 0 Å². The largest absolute Gasteiger partial charge is 0.493 e. The van der Waals surface area contributed by atoms with Crippen LogP contribution in [0.3, 0.4) is 0 Å². The molecule has 0 spiro atoms. The molecule has 0 aliphatic heterocycles. The van der Waals surface area contributed by atoms with Gasteiger partial charge in [-0.3, -0.25) is 4.79 Å². The molecule has 35 heavy (non-hydrogen) atoms. The first-order valence-electron chi connectivity index (χ1n) is 10.7. The average Bonchev–Trinajstić information content (AvgIpc) is 2.90. The predicted molar refractivity (Wildman–Crippen MR) is 132 cm³/mol. The Morgan fingerprint density at radius 1 is 0.829 bits per heavy atom. The maximum Gasteiger partial charge on any atom is 0.365 e. The van der Waals surface area contributed by atoms with E-state index < -0.39 is 11.6 Å². The molecule has 0 atom stereocenters. The van der Waals surface area contributed by atoms with Crippen LogP contribution in [0.15, 0.2) is 77.6 Å². The number of carbonyl (C=O) groups is 1. The molecule has 1 aromatic heterocycles. The summed E-state index contributed by atoms with van der Waals surface area (Å²) in [6.45, 7) is -0.336. The van der Waals surface area contributed by atoms with Gasteiger partial charge in [-0.05, 0) is 0 Å². The van der Waals surface area contributed by atoms with Gasteiger partial charge in [-0.2, -0.15) is 10.1 Å². The van der Waals surface area contributed by atoms with Gasteiger partial charge in [0.15, 0.2) is 11.5 Å². The number of nitrogens with zero attached hydrogens (tertiary/aromatic N) is 3. The lowest BCUT2D eigenvalue weighted by molar-refractivity contribution is -0.117. The lowest BCUT2D eigenvalue weighted by atomic mass is 10.0. The fraction of sp³-hybridized carbons (Fsp3) is 0.154. The Morgan fingerprint density at radius 2 is 1.37 bits per heavy atom. The maximum atomic E-state index is 12.8. The minimum absolute atomic E-state index is 0.336. The molecule has 0 unspecified atom stereocenters. The highest BCUT2D eigenvalue weighted by Crippen LogP contribution is 2.39. The smallest absolute Gasteiger partial charge is 0.365 e. The number of amides is 1. The number of carbonyl (C=O) groups excluding carboxylic acids is 1. The van der Waals surface area contributed by atoms with E-state index in [1.54, 1.807) is 12.1 Å². The predicted octanol–water partition coefficient (Wildman–Crippen LogP) is 3.64. The highest BCUT2D eigenvalue weighted by Gasteiger charge is 2.18. The van der Waals surface area contributed by atoms with Crippen molar-refractivity contribution in [3.63, 3.8) is 0 Å². The second-order valence-corrected chi connectivity index (χ2v) is 7.44. The van der Waals surface area contributed by atoms with Crippen molar-refractivity contribution >= 4 is 11.6 Å². The van der Waals surface area contributed by atoms with E-state index in [-0.39, 0.29) is 6.54 Å². The molecule has 0 bridgehead atoms. The molecule has 0 radical (unpaired) electrons. The highest BCUT2D eigenvalue weighted by molar-refractivity contribution is 5.91. The van der Waals surface area contributed by atoms with E-state index in [4.69, 9.17) is 14.2 Å². The molecule has 0 aliphatic rings. The van der Waals surface area contributed by atoms with Crippen molar-refractivity contribution in [2.45, 2.75) is 6.54 Å². The number of anilines is 1.